The normalized spacial score (nSPS) is 10.8. The molecular formula is C15H18BrN3O. The molecule has 2 rings (SSSR count). The van der Waals surface area contributed by atoms with E-state index in [4.69, 9.17) is 0 Å². The van der Waals surface area contributed by atoms with Gasteiger partial charge in [-0.05, 0) is 17.5 Å². The van der Waals surface area contributed by atoms with Gasteiger partial charge in [0, 0.05) is 17.1 Å². The Kier molecular flexibility index (Phi) is 4.95. The van der Waals surface area contributed by atoms with E-state index < -0.39 is 0 Å². The molecule has 0 spiro atoms. The van der Waals surface area contributed by atoms with Crippen molar-refractivity contribution in [2.45, 2.75) is 20.4 Å². The van der Waals surface area contributed by atoms with E-state index in [1.165, 1.54) is 4.68 Å². The third kappa shape index (κ3) is 3.93. The van der Waals surface area contributed by atoms with Crippen LogP contribution in [0.25, 0.3) is 0 Å². The molecule has 20 heavy (non-hydrogen) atoms. The van der Waals surface area contributed by atoms with Crippen LogP contribution in [0.3, 0.4) is 0 Å². The zero-order valence-electron chi connectivity index (χ0n) is 11.6. The molecule has 4 nitrogen and oxygen atoms in total. The molecule has 1 aromatic carbocycles. The van der Waals surface area contributed by atoms with Crippen LogP contribution in [-0.2, 0) is 6.54 Å². The number of benzene rings is 1. The average molecular weight is 336 g/mol. The van der Waals surface area contributed by atoms with Gasteiger partial charge in [-0.3, -0.25) is 4.79 Å². The van der Waals surface area contributed by atoms with Crippen LogP contribution in [-0.4, -0.2) is 16.3 Å². The van der Waals surface area contributed by atoms with Crippen molar-refractivity contribution >= 4 is 21.6 Å². The van der Waals surface area contributed by atoms with Crippen LogP contribution in [0.1, 0.15) is 19.4 Å². The molecule has 1 N–H and O–H groups in total. The van der Waals surface area contributed by atoms with Crippen molar-refractivity contribution in [3.8, 4) is 0 Å². The lowest BCUT2D eigenvalue weighted by Gasteiger charge is -2.10. The molecule has 0 saturated carbocycles. The lowest BCUT2D eigenvalue weighted by molar-refractivity contribution is 0.635. The molecule has 5 heteroatoms. The molecule has 0 atom stereocenters. The summed E-state index contributed by atoms with van der Waals surface area (Å²) in [6, 6.07) is 9.42. The van der Waals surface area contributed by atoms with Crippen LogP contribution < -0.4 is 10.9 Å². The molecule has 0 radical (unpaired) electrons. The molecule has 0 saturated heterocycles. The maximum Gasteiger partial charge on any atom is 0.269 e. The maximum atomic E-state index is 12.0. The smallest absolute Gasteiger partial charge is 0.269 e. The van der Waals surface area contributed by atoms with E-state index in [-0.39, 0.29) is 5.56 Å². The Morgan fingerprint density at radius 1 is 1.35 bits per heavy atom. The summed E-state index contributed by atoms with van der Waals surface area (Å²) in [4.78, 5) is 12.0. The Bertz CT molecular complexity index is 637. The van der Waals surface area contributed by atoms with Crippen molar-refractivity contribution in [3.63, 3.8) is 0 Å². The monoisotopic (exact) mass is 335 g/mol. The molecule has 0 aliphatic carbocycles. The summed E-state index contributed by atoms with van der Waals surface area (Å²) in [5.41, 5.74) is 1.70. The fourth-order valence-corrected chi connectivity index (χ4v) is 2.17. The van der Waals surface area contributed by atoms with Crippen molar-refractivity contribution < 1.29 is 0 Å². The number of hydrogen-bond donors (Lipinski definition) is 1. The molecular weight excluding hydrogens is 318 g/mol. The summed E-state index contributed by atoms with van der Waals surface area (Å²) in [6.45, 7) is 5.53. The van der Waals surface area contributed by atoms with E-state index in [1.54, 1.807) is 12.3 Å². The zero-order valence-corrected chi connectivity index (χ0v) is 13.2. The molecule has 1 aromatic heterocycles. The van der Waals surface area contributed by atoms with Gasteiger partial charge in [-0.15, -0.1) is 0 Å². The van der Waals surface area contributed by atoms with Crippen molar-refractivity contribution in [3.05, 3.63) is 56.9 Å². The first-order valence-corrected chi connectivity index (χ1v) is 7.40. The van der Waals surface area contributed by atoms with Crippen molar-refractivity contribution in [1.29, 1.82) is 0 Å². The first kappa shape index (κ1) is 14.8. The summed E-state index contributed by atoms with van der Waals surface area (Å²) in [7, 11) is 0. The summed E-state index contributed by atoms with van der Waals surface area (Å²) in [5.74, 6) is 0.526. The van der Waals surface area contributed by atoms with Crippen LogP contribution in [0.4, 0.5) is 5.69 Å². The molecule has 0 unspecified atom stereocenters. The van der Waals surface area contributed by atoms with E-state index in [0.29, 0.717) is 12.5 Å². The number of nitrogens with zero attached hydrogens (tertiary/aromatic N) is 2. The molecule has 0 amide bonds. The van der Waals surface area contributed by atoms with E-state index >= 15 is 0 Å². The molecule has 0 fully saturated rings. The number of rotatable bonds is 5. The van der Waals surface area contributed by atoms with Crippen LogP contribution in [0.15, 0.2) is 45.8 Å². The van der Waals surface area contributed by atoms with E-state index in [0.717, 1.165) is 22.3 Å². The fraction of sp³-hybridized carbons (Fsp3) is 0.333. The summed E-state index contributed by atoms with van der Waals surface area (Å²) >= 11 is 3.48. The molecule has 0 bridgehead atoms. The lowest BCUT2D eigenvalue weighted by atomic mass is 10.2. The van der Waals surface area contributed by atoms with Crippen molar-refractivity contribution in [2.24, 2.45) is 5.92 Å². The van der Waals surface area contributed by atoms with Gasteiger partial charge in [0.25, 0.3) is 5.56 Å². The molecule has 106 valence electrons. The number of hydrogen-bond acceptors (Lipinski definition) is 3. The summed E-state index contributed by atoms with van der Waals surface area (Å²) in [5, 5.41) is 7.42. The van der Waals surface area contributed by atoms with Gasteiger partial charge in [0.05, 0.1) is 18.4 Å². The minimum Gasteiger partial charge on any atom is -0.383 e. The predicted octanol–water partition coefficient (Wildman–Crippen LogP) is 3.12. The van der Waals surface area contributed by atoms with Gasteiger partial charge in [0.15, 0.2) is 0 Å². The van der Waals surface area contributed by atoms with E-state index in [9.17, 15) is 4.79 Å². The highest BCUT2D eigenvalue weighted by Gasteiger charge is 2.04. The van der Waals surface area contributed by atoms with Crippen LogP contribution >= 0.6 is 15.9 Å². The molecule has 2 aromatic rings. The Morgan fingerprint density at radius 2 is 2.10 bits per heavy atom. The van der Waals surface area contributed by atoms with Gasteiger partial charge in [-0.2, -0.15) is 5.10 Å². The second-order valence-corrected chi connectivity index (χ2v) is 5.96. The minimum absolute atomic E-state index is 0.102. The fourth-order valence-electron chi connectivity index (χ4n) is 1.76. The molecule has 1 heterocycles. The minimum atomic E-state index is -0.102. The topological polar surface area (TPSA) is 46.9 Å². The average Bonchev–Trinajstić information content (AvgIpc) is 2.41. The van der Waals surface area contributed by atoms with Gasteiger partial charge >= 0.3 is 0 Å². The second-order valence-electron chi connectivity index (χ2n) is 5.11. The molecule has 0 aliphatic heterocycles. The first-order valence-electron chi connectivity index (χ1n) is 6.60. The third-order valence-electron chi connectivity index (χ3n) is 2.86. The van der Waals surface area contributed by atoms with Crippen LogP contribution in [0.5, 0.6) is 0 Å². The van der Waals surface area contributed by atoms with Gasteiger partial charge < -0.3 is 5.32 Å². The Balaban J connectivity index is 2.14. The number of nitrogens with one attached hydrogen (secondary N) is 1. The van der Waals surface area contributed by atoms with Gasteiger partial charge in [-0.25, -0.2) is 4.68 Å². The zero-order chi connectivity index (χ0) is 14.5. The van der Waals surface area contributed by atoms with Gasteiger partial charge in [-0.1, -0.05) is 48.0 Å². The van der Waals surface area contributed by atoms with Crippen molar-refractivity contribution in [2.75, 3.05) is 11.9 Å². The highest BCUT2D eigenvalue weighted by atomic mass is 79.9. The number of halogens is 1. The number of anilines is 1. The van der Waals surface area contributed by atoms with Crippen LogP contribution in [0, 0.1) is 5.92 Å². The van der Waals surface area contributed by atoms with Crippen molar-refractivity contribution in [1.82, 2.24) is 9.78 Å². The van der Waals surface area contributed by atoms with E-state index in [1.807, 2.05) is 24.3 Å². The van der Waals surface area contributed by atoms with E-state index in [2.05, 4.69) is 40.2 Å². The van der Waals surface area contributed by atoms with Crippen LogP contribution in [0.2, 0.25) is 0 Å². The first-order chi connectivity index (χ1) is 9.56. The highest BCUT2D eigenvalue weighted by Crippen LogP contribution is 2.16. The summed E-state index contributed by atoms with van der Waals surface area (Å²) in [6.07, 6.45) is 1.70. The Morgan fingerprint density at radius 3 is 2.75 bits per heavy atom. The SMILES string of the molecule is CC(C)CNc1cnn(Cc2ccccc2Br)c(=O)c1. The Hall–Kier alpha value is -1.62. The lowest BCUT2D eigenvalue weighted by Crippen LogP contribution is -2.23. The maximum absolute atomic E-state index is 12.0. The molecule has 0 aliphatic rings. The highest BCUT2D eigenvalue weighted by molar-refractivity contribution is 9.10. The summed E-state index contributed by atoms with van der Waals surface area (Å²) < 4.78 is 2.44. The third-order valence-corrected chi connectivity index (χ3v) is 3.64. The number of aromatic nitrogens is 2. The van der Waals surface area contributed by atoms with Gasteiger partial charge in [0.1, 0.15) is 0 Å². The quantitative estimate of drug-likeness (QED) is 0.913. The largest absolute Gasteiger partial charge is 0.383 e. The Labute approximate surface area is 127 Å². The second kappa shape index (κ2) is 6.70. The standard InChI is InChI=1S/C15H18BrN3O/c1-11(2)8-17-13-7-15(20)19(18-9-13)10-12-5-3-4-6-14(12)16/h3-7,9,11,17H,8,10H2,1-2H3. The predicted molar refractivity (Wildman–Crippen MR) is 85.1 cm³/mol. The van der Waals surface area contributed by atoms with Gasteiger partial charge in [0.2, 0.25) is 0 Å².